The number of amides is 1. The second kappa shape index (κ2) is 10.4. The molecule has 3 rings (SSSR count). The number of aromatic nitrogens is 3. The minimum Gasteiger partial charge on any atom is -0.355 e. The van der Waals surface area contributed by atoms with Gasteiger partial charge in [0.1, 0.15) is 5.82 Å². The molecule has 2 N–H and O–H groups in total. The van der Waals surface area contributed by atoms with Gasteiger partial charge in [-0.15, -0.1) is 22.6 Å². The zero-order chi connectivity index (χ0) is 16.8. The average Bonchev–Trinajstić information content (AvgIpc) is 3.00. The average molecular weight is 388 g/mol. The smallest absolute Gasteiger partial charge is 0.230 e. The fourth-order valence-corrected chi connectivity index (χ4v) is 4.46. The van der Waals surface area contributed by atoms with Crippen molar-refractivity contribution in [3.8, 4) is 0 Å². The summed E-state index contributed by atoms with van der Waals surface area (Å²) in [5, 5.41) is 16.0. The molecule has 2 heterocycles. The van der Waals surface area contributed by atoms with E-state index in [4.69, 9.17) is 0 Å². The van der Waals surface area contributed by atoms with Gasteiger partial charge in [0.2, 0.25) is 5.91 Å². The second-order valence-electron chi connectivity index (χ2n) is 7.04. The number of nitrogens with zero attached hydrogens (tertiary/aromatic N) is 3. The van der Waals surface area contributed by atoms with E-state index in [9.17, 15) is 4.79 Å². The number of carbonyl (C=O) groups excluding carboxylic acids is 1. The molecule has 2 fully saturated rings. The van der Waals surface area contributed by atoms with Crippen LogP contribution in [-0.4, -0.2) is 46.1 Å². The van der Waals surface area contributed by atoms with Crippen molar-refractivity contribution < 1.29 is 4.79 Å². The number of thioether (sulfide) groups is 1. The fourth-order valence-electron chi connectivity index (χ4n) is 3.71. The van der Waals surface area contributed by atoms with Crippen molar-refractivity contribution in [2.45, 2.75) is 56.0 Å². The van der Waals surface area contributed by atoms with E-state index in [2.05, 4.69) is 25.4 Å². The van der Waals surface area contributed by atoms with Crippen LogP contribution in [0.25, 0.3) is 0 Å². The summed E-state index contributed by atoms with van der Waals surface area (Å²) in [6.45, 7) is 2.90. The van der Waals surface area contributed by atoms with Crippen LogP contribution >= 0.6 is 24.2 Å². The van der Waals surface area contributed by atoms with E-state index >= 15 is 0 Å². The highest BCUT2D eigenvalue weighted by atomic mass is 35.5. The van der Waals surface area contributed by atoms with Crippen molar-refractivity contribution in [2.24, 2.45) is 13.0 Å². The standard InChI is InChI=1S/C17H29N5OS.ClH/c1-22-16(14-8-5-9-18-11-14)20-21-17(22)24-12-15(23)19-10-13-6-3-2-4-7-13;/h13-14,18H,2-12H2,1H3,(H,19,23);1H. The minimum absolute atomic E-state index is 0. The summed E-state index contributed by atoms with van der Waals surface area (Å²) in [5.74, 6) is 2.67. The highest BCUT2D eigenvalue weighted by molar-refractivity contribution is 7.99. The zero-order valence-corrected chi connectivity index (χ0v) is 16.6. The summed E-state index contributed by atoms with van der Waals surface area (Å²) in [5.41, 5.74) is 0. The molecular weight excluding hydrogens is 358 g/mol. The van der Waals surface area contributed by atoms with Gasteiger partial charge in [-0.3, -0.25) is 4.79 Å². The predicted octanol–water partition coefficient (Wildman–Crippen LogP) is 2.49. The summed E-state index contributed by atoms with van der Waals surface area (Å²) in [4.78, 5) is 12.1. The van der Waals surface area contributed by atoms with Crippen molar-refractivity contribution in [3.63, 3.8) is 0 Å². The molecule has 0 radical (unpaired) electrons. The van der Waals surface area contributed by atoms with E-state index in [-0.39, 0.29) is 18.3 Å². The summed E-state index contributed by atoms with van der Waals surface area (Å²) >= 11 is 1.48. The molecule has 1 saturated heterocycles. The third-order valence-electron chi connectivity index (χ3n) is 5.18. The monoisotopic (exact) mass is 387 g/mol. The number of carbonyl (C=O) groups is 1. The van der Waals surface area contributed by atoms with Crippen LogP contribution in [-0.2, 0) is 11.8 Å². The highest BCUT2D eigenvalue weighted by Crippen LogP contribution is 2.25. The van der Waals surface area contributed by atoms with Crippen LogP contribution in [0.1, 0.15) is 56.7 Å². The minimum atomic E-state index is 0. The molecule has 1 aromatic heterocycles. The third kappa shape index (κ3) is 5.86. The fraction of sp³-hybridized carbons (Fsp3) is 0.824. The van der Waals surface area contributed by atoms with Crippen LogP contribution in [0, 0.1) is 5.92 Å². The molecule has 1 unspecified atom stereocenters. The largest absolute Gasteiger partial charge is 0.355 e. The van der Waals surface area contributed by atoms with Gasteiger partial charge in [-0.05, 0) is 38.1 Å². The maximum atomic E-state index is 12.1. The van der Waals surface area contributed by atoms with E-state index < -0.39 is 0 Å². The van der Waals surface area contributed by atoms with Gasteiger partial charge in [0.05, 0.1) is 5.75 Å². The van der Waals surface area contributed by atoms with Crippen molar-refractivity contribution in [1.82, 2.24) is 25.4 Å². The first kappa shape index (κ1) is 20.5. The molecular formula is C17H30ClN5OS. The van der Waals surface area contributed by atoms with Gasteiger partial charge < -0.3 is 15.2 Å². The topological polar surface area (TPSA) is 71.8 Å². The lowest BCUT2D eigenvalue weighted by atomic mass is 9.89. The molecule has 0 aromatic carbocycles. The number of nitrogens with one attached hydrogen (secondary N) is 2. The zero-order valence-electron chi connectivity index (χ0n) is 15.0. The van der Waals surface area contributed by atoms with Crippen LogP contribution in [0.15, 0.2) is 5.16 Å². The Hall–Kier alpha value is -0.790. The molecule has 1 aromatic rings. The van der Waals surface area contributed by atoms with E-state index in [0.29, 0.717) is 17.6 Å². The van der Waals surface area contributed by atoms with Gasteiger partial charge >= 0.3 is 0 Å². The van der Waals surface area contributed by atoms with Crippen LogP contribution in [0.3, 0.4) is 0 Å². The molecule has 0 bridgehead atoms. The molecule has 1 aliphatic heterocycles. The van der Waals surface area contributed by atoms with Crippen LogP contribution in [0.5, 0.6) is 0 Å². The summed E-state index contributed by atoms with van der Waals surface area (Å²) in [6.07, 6.45) is 8.84. The van der Waals surface area contributed by atoms with Crippen molar-refractivity contribution >= 4 is 30.1 Å². The SMILES string of the molecule is Cl.Cn1c(SCC(=O)NCC2CCCCC2)nnc1C1CCCNC1. The quantitative estimate of drug-likeness (QED) is 0.734. The third-order valence-corrected chi connectivity index (χ3v) is 6.20. The number of halogens is 1. The molecule has 1 amide bonds. The van der Waals surface area contributed by atoms with Crippen molar-refractivity contribution in [1.29, 1.82) is 0 Å². The highest BCUT2D eigenvalue weighted by Gasteiger charge is 2.22. The van der Waals surface area contributed by atoms with Gasteiger partial charge in [0.15, 0.2) is 5.16 Å². The normalized spacial score (nSPS) is 21.6. The molecule has 142 valence electrons. The maximum absolute atomic E-state index is 12.1. The first-order chi connectivity index (χ1) is 11.7. The van der Waals surface area contributed by atoms with Gasteiger partial charge in [0.25, 0.3) is 0 Å². The lowest BCUT2D eigenvalue weighted by Crippen LogP contribution is -2.31. The Balaban J connectivity index is 0.00000225. The molecule has 2 aliphatic rings. The Kier molecular flexibility index (Phi) is 8.52. The maximum Gasteiger partial charge on any atom is 0.230 e. The lowest BCUT2D eigenvalue weighted by molar-refractivity contribution is -0.118. The van der Waals surface area contributed by atoms with Crippen LogP contribution in [0.4, 0.5) is 0 Å². The number of hydrogen-bond acceptors (Lipinski definition) is 5. The molecule has 6 nitrogen and oxygen atoms in total. The molecule has 25 heavy (non-hydrogen) atoms. The van der Waals surface area contributed by atoms with E-state index in [1.807, 2.05) is 7.05 Å². The summed E-state index contributed by atoms with van der Waals surface area (Å²) < 4.78 is 2.05. The molecule has 1 saturated carbocycles. The Morgan fingerprint density at radius 3 is 2.76 bits per heavy atom. The molecule has 8 heteroatoms. The van der Waals surface area contributed by atoms with E-state index in [1.165, 1.54) is 50.3 Å². The molecule has 1 aliphatic carbocycles. The molecule has 1 atom stereocenters. The predicted molar refractivity (Wildman–Crippen MR) is 103 cm³/mol. The van der Waals surface area contributed by atoms with Crippen molar-refractivity contribution in [2.75, 3.05) is 25.4 Å². The Labute approximate surface area is 160 Å². The van der Waals surface area contributed by atoms with Gasteiger partial charge in [0, 0.05) is 26.1 Å². The first-order valence-corrected chi connectivity index (χ1v) is 10.2. The lowest BCUT2D eigenvalue weighted by Gasteiger charge is -2.22. The second-order valence-corrected chi connectivity index (χ2v) is 7.98. The number of hydrogen-bond donors (Lipinski definition) is 2. The van der Waals surface area contributed by atoms with Gasteiger partial charge in [-0.1, -0.05) is 31.0 Å². The number of piperidine rings is 1. The Morgan fingerprint density at radius 1 is 1.24 bits per heavy atom. The Morgan fingerprint density at radius 2 is 2.04 bits per heavy atom. The van der Waals surface area contributed by atoms with Gasteiger partial charge in [-0.25, -0.2) is 0 Å². The van der Waals surface area contributed by atoms with Crippen LogP contribution < -0.4 is 10.6 Å². The van der Waals surface area contributed by atoms with Gasteiger partial charge in [-0.2, -0.15) is 0 Å². The Bertz CT molecular complexity index is 541. The number of rotatable bonds is 6. The summed E-state index contributed by atoms with van der Waals surface area (Å²) in [6, 6.07) is 0. The van der Waals surface area contributed by atoms with Crippen LogP contribution in [0.2, 0.25) is 0 Å². The van der Waals surface area contributed by atoms with E-state index in [0.717, 1.165) is 37.0 Å². The first-order valence-electron chi connectivity index (χ1n) is 9.23. The van der Waals surface area contributed by atoms with Crippen molar-refractivity contribution in [3.05, 3.63) is 5.82 Å². The van der Waals surface area contributed by atoms with E-state index in [1.54, 1.807) is 0 Å². The molecule has 0 spiro atoms. The summed E-state index contributed by atoms with van der Waals surface area (Å²) in [7, 11) is 2.01.